The van der Waals surface area contributed by atoms with Crippen molar-refractivity contribution in [2.24, 2.45) is 5.92 Å². The first-order chi connectivity index (χ1) is 18.6. The largest absolute Gasteiger partial charge is 0.611 e. The number of piperidine rings is 1. The monoisotopic (exact) mass is 596 g/mol. The fourth-order valence-electron chi connectivity index (χ4n) is 5.28. The lowest BCUT2D eigenvalue weighted by Crippen LogP contribution is -2.39. The van der Waals surface area contributed by atoms with Crippen LogP contribution in [0.4, 0.5) is 14.5 Å². The number of amides is 1. The Morgan fingerprint density at radius 3 is 2.56 bits per heavy atom. The van der Waals surface area contributed by atoms with Crippen LogP contribution in [0.3, 0.4) is 0 Å². The number of hydrogen-bond acceptors (Lipinski definition) is 4. The van der Waals surface area contributed by atoms with Gasteiger partial charge >= 0.3 is 0 Å². The summed E-state index contributed by atoms with van der Waals surface area (Å²) in [5.41, 5.74) is 2.66. The molecule has 2 atom stereocenters. The van der Waals surface area contributed by atoms with E-state index in [4.69, 9.17) is 28.2 Å². The first-order valence-corrected chi connectivity index (χ1v) is 15.4. The van der Waals surface area contributed by atoms with Crippen LogP contribution in [0.15, 0.2) is 35.2 Å². The Hall–Kier alpha value is -2.07. The molecule has 1 aliphatic carbocycles. The number of alkyl halides is 2. The minimum Gasteiger partial charge on any atom is -0.611 e. The summed E-state index contributed by atoms with van der Waals surface area (Å²) in [6.07, 6.45) is 3.60. The van der Waals surface area contributed by atoms with Gasteiger partial charge in [-0.3, -0.25) is 4.79 Å². The molecule has 2 fully saturated rings. The summed E-state index contributed by atoms with van der Waals surface area (Å²) in [7, 11) is 0. The number of nitrogens with zero attached hydrogens (tertiary/aromatic N) is 2. The van der Waals surface area contributed by atoms with Gasteiger partial charge in [0.15, 0.2) is 4.90 Å². The molecule has 1 amide bonds. The predicted octanol–water partition coefficient (Wildman–Crippen LogP) is 6.67. The van der Waals surface area contributed by atoms with Crippen LogP contribution in [0, 0.1) is 5.92 Å². The second kappa shape index (κ2) is 11.8. The van der Waals surface area contributed by atoms with E-state index in [1.54, 1.807) is 11.0 Å². The van der Waals surface area contributed by atoms with Crippen molar-refractivity contribution in [2.75, 3.05) is 30.3 Å². The van der Waals surface area contributed by atoms with E-state index < -0.39 is 17.1 Å². The van der Waals surface area contributed by atoms with Gasteiger partial charge in [-0.25, -0.2) is 13.8 Å². The summed E-state index contributed by atoms with van der Waals surface area (Å²) < 4.78 is 40.3. The normalized spacial score (nSPS) is 19.1. The van der Waals surface area contributed by atoms with Gasteiger partial charge < -0.3 is 19.8 Å². The molecular weight excluding hydrogens is 565 g/mol. The first-order valence-electron chi connectivity index (χ1n) is 13.3. The van der Waals surface area contributed by atoms with Crippen LogP contribution in [0.25, 0.3) is 11.0 Å². The fourth-order valence-corrected chi connectivity index (χ4v) is 7.40. The van der Waals surface area contributed by atoms with E-state index in [0.717, 1.165) is 23.3 Å². The molecule has 2 heterocycles. The van der Waals surface area contributed by atoms with Crippen LogP contribution < -0.4 is 10.2 Å². The van der Waals surface area contributed by atoms with Crippen LogP contribution in [-0.2, 0) is 16.0 Å². The van der Waals surface area contributed by atoms with E-state index in [1.807, 2.05) is 24.3 Å². The number of rotatable bonds is 9. The van der Waals surface area contributed by atoms with Gasteiger partial charge in [0.1, 0.15) is 11.6 Å². The number of benzene rings is 2. The summed E-state index contributed by atoms with van der Waals surface area (Å²) in [4.78, 5) is 22.3. The number of imidazole rings is 1. The van der Waals surface area contributed by atoms with E-state index >= 15 is 0 Å². The maximum Gasteiger partial charge on any atom is 0.251 e. The topological polar surface area (TPSA) is 84.1 Å². The Kier molecular flexibility index (Phi) is 8.62. The Morgan fingerprint density at radius 1 is 1.26 bits per heavy atom. The number of H-pyrrole nitrogens is 1. The quantitative estimate of drug-likeness (QED) is 0.270. The van der Waals surface area contributed by atoms with Gasteiger partial charge in [0.05, 0.1) is 26.8 Å². The van der Waals surface area contributed by atoms with Crippen molar-refractivity contribution in [1.82, 2.24) is 15.3 Å². The van der Waals surface area contributed by atoms with Crippen molar-refractivity contribution in [3.63, 3.8) is 0 Å². The fraction of sp³-hybridized carbons (Fsp3) is 0.500. The third-order valence-electron chi connectivity index (χ3n) is 7.77. The zero-order valence-corrected chi connectivity index (χ0v) is 24.1. The molecule has 11 heteroatoms. The van der Waals surface area contributed by atoms with Gasteiger partial charge in [0.25, 0.3) is 5.92 Å². The minimum absolute atomic E-state index is 0.119. The van der Waals surface area contributed by atoms with Crippen LogP contribution in [-0.4, -0.2) is 51.7 Å². The van der Waals surface area contributed by atoms with E-state index in [1.165, 1.54) is 13.3 Å². The third kappa shape index (κ3) is 6.47. The van der Waals surface area contributed by atoms with E-state index in [2.05, 4.69) is 10.3 Å². The van der Waals surface area contributed by atoms with E-state index in [-0.39, 0.29) is 37.8 Å². The second-order valence-electron chi connectivity index (χ2n) is 10.6. The maximum atomic E-state index is 13.7. The number of nitrogens with one attached hydrogen (secondary N) is 2. The molecule has 2 aliphatic rings. The number of fused-ring (bicyclic) bond motifs is 1. The third-order valence-corrected chi connectivity index (χ3v) is 10.0. The standard InChI is InChI=1S/C28H32Cl2F2N4O2S/c1-17(37)33-12-9-21(19-5-7-20(8-6-19)39(38)16-18-3-2-4-18)27-34-23-15-22(29)26(24(30)25(23)35-27)36-13-10-28(31,32)11-14-36/h5-8,15,18,21H,2-4,9-14,16H2,1H3,(H,33,37)(H,34,35). The van der Waals surface area contributed by atoms with Crippen LogP contribution in [0.2, 0.25) is 10.0 Å². The molecule has 39 heavy (non-hydrogen) atoms. The number of halogens is 4. The summed E-state index contributed by atoms with van der Waals surface area (Å²) in [5.74, 6) is -1.10. The van der Waals surface area contributed by atoms with Gasteiger partial charge in [0.2, 0.25) is 5.91 Å². The van der Waals surface area contributed by atoms with Gasteiger partial charge in [-0.1, -0.05) is 41.8 Å². The van der Waals surface area contributed by atoms with Gasteiger partial charge in [-0.2, -0.15) is 0 Å². The Balaban J connectivity index is 1.43. The number of carbonyl (C=O) groups excluding carboxylic acids is 1. The molecule has 1 aromatic heterocycles. The van der Waals surface area contributed by atoms with Crippen molar-refractivity contribution >= 4 is 57.0 Å². The molecule has 1 saturated heterocycles. The number of anilines is 1. The van der Waals surface area contributed by atoms with Crippen molar-refractivity contribution in [3.8, 4) is 0 Å². The van der Waals surface area contributed by atoms with Crippen molar-refractivity contribution < 1.29 is 18.1 Å². The van der Waals surface area contributed by atoms with Crippen molar-refractivity contribution in [3.05, 3.63) is 51.8 Å². The molecule has 2 aromatic carbocycles. The average molecular weight is 598 g/mol. The average Bonchev–Trinajstić information content (AvgIpc) is 3.28. The number of aromatic nitrogens is 2. The predicted molar refractivity (Wildman–Crippen MR) is 153 cm³/mol. The zero-order chi connectivity index (χ0) is 27.7. The highest BCUT2D eigenvalue weighted by molar-refractivity contribution is 7.91. The van der Waals surface area contributed by atoms with Crippen LogP contribution in [0.1, 0.15) is 62.8 Å². The lowest BCUT2D eigenvalue weighted by atomic mass is 9.87. The summed E-state index contributed by atoms with van der Waals surface area (Å²) in [5, 5.41) is 3.56. The number of aromatic amines is 1. The lowest BCUT2D eigenvalue weighted by molar-refractivity contribution is -0.118. The Labute approximate surface area is 240 Å². The number of hydrogen-bond donors (Lipinski definition) is 2. The highest BCUT2D eigenvalue weighted by Crippen LogP contribution is 2.42. The van der Waals surface area contributed by atoms with E-state index in [9.17, 15) is 18.1 Å². The molecule has 6 nitrogen and oxygen atoms in total. The number of carbonyl (C=O) groups is 1. The van der Waals surface area contributed by atoms with Crippen LogP contribution in [0.5, 0.6) is 0 Å². The van der Waals surface area contributed by atoms with Gasteiger partial charge in [-0.05, 0) is 54.2 Å². The molecule has 0 radical (unpaired) electrons. The molecule has 3 aromatic rings. The zero-order valence-electron chi connectivity index (χ0n) is 21.7. The second-order valence-corrected chi connectivity index (χ2v) is 12.9. The Bertz CT molecular complexity index is 1320. The molecule has 2 unspecified atom stereocenters. The highest BCUT2D eigenvalue weighted by Gasteiger charge is 2.35. The van der Waals surface area contributed by atoms with Crippen molar-refractivity contribution in [2.45, 2.75) is 62.2 Å². The molecule has 210 valence electrons. The van der Waals surface area contributed by atoms with Gasteiger partial charge in [0, 0.05) is 51.2 Å². The van der Waals surface area contributed by atoms with Crippen LogP contribution >= 0.6 is 23.2 Å². The minimum atomic E-state index is -2.68. The molecule has 0 spiro atoms. The lowest BCUT2D eigenvalue weighted by Gasteiger charge is -2.34. The molecule has 2 N–H and O–H groups in total. The summed E-state index contributed by atoms with van der Waals surface area (Å²) in [6, 6.07) is 9.46. The van der Waals surface area contributed by atoms with E-state index in [0.29, 0.717) is 57.2 Å². The maximum absolute atomic E-state index is 13.7. The molecular formula is C28H32Cl2F2N4O2S. The molecule has 5 rings (SSSR count). The molecule has 0 bridgehead atoms. The molecule has 1 aliphatic heterocycles. The first kappa shape index (κ1) is 28.5. The highest BCUT2D eigenvalue weighted by atomic mass is 35.5. The van der Waals surface area contributed by atoms with Gasteiger partial charge in [-0.15, -0.1) is 0 Å². The SMILES string of the molecule is CC(=O)NCCC(c1ccc([S+]([O-])CC2CCC2)cc1)c1nc2cc(Cl)c(N3CCC(F)(F)CC3)c(Cl)c2[nH]1. The molecule has 1 saturated carbocycles. The Morgan fingerprint density at radius 2 is 1.95 bits per heavy atom. The summed E-state index contributed by atoms with van der Waals surface area (Å²) >= 11 is 12.4. The smallest absolute Gasteiger partial charge is 0.251 e. The van der Waals surface area contributed by atoms with Crippen molar-refractivity contribution in [1.29, 1.82) is 0 Å². The summed E-state index contributed by atoms with van der Waals surface area (Å²) in [6.45, 7) is 2.23.